The van der Waals surface area contributed by atoms with Gasteiger partial charge in [0.25, 0.3) is 0 Å². The van der Waals surface area contributed by atoms with Crippen LogP contribution in [0.25, 0.3) is 0 Å². The SMILES string of the molecule is CCOC1(C(=O)CCC(F)(F)F)CCCCCC1. The number of carbonyl (C=O) groups excluding carboxylic acids is 1. The van der Waals surface area contributed by atoms with Crippen LogP contribution in [0.1, 0.15) is 58.3 Å². The van der Waals surface area contributed by atoms with Gasteiger partial charge >= 0.3 is 6.18 Å². The van der Waals surface area contributed by atoms with Crippen molar-refractivity contribution in [1.29, 1.82) is 0 Å². The second kappa shape index (κ2) is 6.55. The van der Waals surface area contributed by atoms with Crippen molar-refractivity contribution in [2.45, 2.75) is 70.1 Å². The molecule has 0 aromatic rings. The molecule has 0 aromatic heterocycles. The average molecular weight is 266 g/mol. The number of ether oxygens (including phenoxy) is 1. The maximum atomic E-state index is 12.2. The van der Waals surface area contributed by atoms with E-state index < -0.39 is 24.6 Å². The lowest BCUT2D eigenvalue weighted by Gasteiger charge is -2.31. The zero-order valence-electron chi connectivity index (χ0n) is 10.8. The van der Waals surface area contributed by atoms with Crippen LogP contribution in [-0.4, -0.2) is 24.2 Å². The molecule has 2 nitrogen and oxygen atoms in total. The van der Waals surface area contributed by atoms with Crippen LogP contribution in [0.15, 0.2) is 0 Å². The quantitative estimate of drug-likeness (QED) is 0.702. The van der Waals surface area contributed by atoms with E-state index in [0.717, 1.165) is 25.7 Å². The van der Waals surface area contributed by atoms with Gasteiger partial charge in [0, 0.05) is 13.0 Å². The van der Waals surface area contributed by atoms with Gasteiger partial charge in [0.1, 0.15) is 5.60 Å². The van der Waals surface area contributed by atoms with E-state index in [4.69, 9.17) is 4.74 Å². The zero-order chi connectivity index (χ0) is 13.6. The van der Waals surface area contributed by atoms with Gasteiger partial charge in [0.15, 0.2) is 5.78 Å². The molecule has 0 heterocycles. The molecule has 18 heavy (non-hydrogen) atoms. The summed E-state index contributed by atoms with van der Waals surface area (Å²) in [4.78, 5) is 12.1. The van der Waals surface area contributed by atoms with E-state index in [-0.39, 0.29) is 5.78 Å². The molecule has 1 saturated carbocycles. The van der Waals surface area contributed by atoms with E-state index in [1.807, 2.05) is 0 Å². The number of carbonyl (C=O) groups is 1. The lowest BCUT2D eigenvalue weighted by Crippen LogP contribution is -2.41. The van der Waals surface area contributed by atoms with Crippen LogP contribution < -0.4 is 0 Å². The predicted molar refractivity (Wildman–Crippen MR) is 62.4 cm³/mol. The first-order valence-corrected chi connectivity index (χ1v) is 6.64. The molecular formula is C13H21F3O2. The molecule has 0 bridgehead atoms. The predicted octanol–water partition coefficient (Wildman–Crippen LogP) is 4.03. The molecule has 0 saturated heterocycles. The van der Waals surface area contributed by atoms with Gasteiger partial charge in [0.2, 0.25) is 0 Å². The Morgan fingerprint density at radius 2 is 1.72 bits per heavy atom. The molecule has 106 valence electrons. The Bertz CT molecular complexity index is 266. The largest absolute Gasteiger partial charge is 0.389 e. The smallest absolute Gasteiger partial charge is 0.368 e. The van der Waals surface area contributed by atoms with E-state index in [1.165, 1.54) is 0 Å². The highest BCUT2D eigenvalue weighted by Gasteiger charge is 2.40. The van der Waals surface area contributed by atoms with Crippen LogP contribution in [0.2, 0.25) is 0 Å². The molecule has 5 heteroatoms. The Labute approximate surface area is 106 Å². The van der Waals surface area contributed by atoms with Crippen molar-refractivity contribution in [3.8, 4) is 0 Å². The Morgan fingerprint density at radius 3 is 2.17 bits per heavy atom. The summed E-state index contributed by atoms with van der Waals surface area (Å²) in [5.74, 6) is -0.372. The second-order valence-electron chi connectivity index (χ2n) is 4.88. The van der Waals surface area contributed by atoms with E-state index in [9.17, 15) is 18.0 Å². The highest BCUT2D eigenvalue weighted by Crippen LogP contribution is 2.34. The second-order valence-corrected chi connectivity index (χ2v) is 4.88. The van der Waals surface area contributed by atoms with Gasteiger partial charge < -0.3 is 4.74 Å². The van der Waals surface area contributed by atoms with Gasteiger partial charge in [-0.3, -0.25) is 4.79 Å². The Kier molecular flexibility index (Phi) is 5.63. The van der Waals surface area contributed by atoms with Crippen molar-refractivity contribution in [2.24, 2.45) is 0 Å². The van der Waals surface area contributed by atoms with Gasteiger partial charge in [-0.25, -0.2) is 0 Å². The number of hydrogen-bond acceptors (Lipinski definition) is 2. The number of Topliss-reactive ketones (excluding diaryl/α,β-unsaturated/α-hetero) is 1. The van der Waals surface area contributed by atoms with E-state index in [2.05, 4.69) is 0 Å². The lowest BCUT2D eigenvalue weighted by atomic mass is 9.87. The maximum Gasteiger partial charge on any atom is 0.389 e. The van der Waals surface area contributed by atoms with Crippen LogP contribution in [0.3, 0.4) is 0 Å². The van der Waals surface area contributed by atoms with Crippen LogP contribution in [-0.2, 0) is 9.53 Å². The summed E-state index contributed by atoms with van der Waals surface area (Å²) in [6.07, 6.45) is -0.856. The van der Waals surface area contributed by atoms with Crippen molar-refractivity contribution in [3.63, 3.8) is 0 Å². The molecule has 0 aliphatic heterocycles. The molecule has 0 unspecified atom stereocenters. The van der Waals surface area contributed by atoms with Crippen LogP contribution in [0.4, 0.5) is 13.2 Å². The summed E-state index contributed by atoms with van der Waals surface area (Å²) in [6.45, 7) is 2.15. The number of rotatable bonds is 5. The Balaban J connectivity index is 2.66. The van der Waals surface area contributed by atoms with Crippen molar-refractivity contribution >= 4 is 5.78 Å². The summed E-state index contributed by atoms with van der Waals surface area (Å²) in [5, 5.41) is 0. The molecule has 0 spiro atoms. The molecule has 0 amide bonds. The third-order valence-corrected chi connectivity index (χ3v) is 3.48. The summed E-state index contributed by atoms with van der Waals surface area (Å²) >= 11 is 0. The summed E-state index contributed by atoms with van der Waals surface area (Å²) < 4.78 is 42.1. The zero-order valence-corrected chi connectivity index (χ0v) is 10.8. The first-order valence-electron chi connectivity index (χ1n) is 6.64. The molecule has 0 radical (unpaired) electrons. The molecule has 0 aromatic carbocycles. The third kappa shape index (κ3) is 4.59. The highest BCUT2D eigenvalue weighted by molar-refractivity contribution is 5.87. The lowest BCUT2D eigenvalue weighted by molar-refractivity contribution is -0.158. The fourth-order valence-corrected chi connectivity index (χ4v) is 2.56. The minimum atomic E-state index is -4.27. The third-order valence-electron chi connectivity index (χ3n) is 3.48. The van der Waals surface area contributed by atoms with Gasteiger partial charge in [-0.05, 0) is 19.8 Å². The van der Waals surface area contributed by atoms with Crippen molar-refractivity contribution < 1.29 is 22.7 Å². The van der Waals surface area contributed by atoms with Crippen molar-refractivity contribution in [1.82, 2.24) is 0 Å². The average Bonchev–Trinajstić information content (AvgIpc) is 2.52. The number of halogens is 3. The van der Waals surface area contributed by atoms with Crippen LogP contribution >= 0.6 is 0 Å². The Morgan fingerprint density at radius 1 is 1.17 bits per heavy atom. The van der Waals surface area contributed by atoms with Gasteiger partial charge in [-0.2, -0.15) is 13.2 Å². The standard InChI is InChI=1S/C13H21F3O2/c1-2-18-12(8-5-3-4-6-9-12)11(17)7-10-13(14,15)16/h2-10H2,1H3. The minimum absolute atomic E-state index is 0.372. The van der Waals surface area contributed by atoms with Gasteiger partial charge in [0.05, 0.1) is 6.42 Å². The van der Waals surface area contributed by atoms with E-state index in [0.29, 0.717) is 19.4 Å². The fourth-order valence-electron chi connectivity index (χ4n) is 2.56. The number of hydrogen-bond donors (Lipinski definition) is 0. The maximum absolute atomic E-state index is 12.2. The van der Waals surface area contributed by atoms with Crippen molar-refractivity contribution in [3.05, 3.63) is 0 Å². The molecule has 1 fully saturated rings. The summed E-state index contributed by atoms with van der Waals surface area (Å²) in [5.41, 5.74) is -0.948. The molecule has 1 aliphatic carbocycles. The fraction of sp³-hybridized carbons (Fsp3) is 0.923. The van der Waals surface area contributed by atoms with Crippen LogP contribution in [0, 0.1) is 0 Å². The van der Waals surface area contributed by atoms with E-state index >= 15 is 0 Å². The summed E-state index contributed by atoms with van der Waals surface area (Å²) in [7, 11) is 0. The topological polar surface area (TPSA) is 26.3 Å². The Hall–Kier alpha value is -0.580. The van der Waals surface area contributed by atoms with Crippen molar-refractivity contribution in [2.75, 3.05) is 6.61 Å². The highest BCUT2D eigenvalue weighted by atomic mass is 19.4. The van der Waals surface area contributed by atoms with Crippen LogP contribution in [0.5, 0.6) is 0 Å². The molecule has 0 N–H and O–H groups in total. The van der Waals surface area contributed by atoms with E-state index in [1.54, 1.807) is 6.92 Å². The number of ketones is 1. The molecular weight excluding hydrogens is 245 g/mol. The molecule has 1 aliphatic rings. The normalized spacial score (nSPS) is 20.4. The first kappa shape index (κ1) is 15.5. The molecule has 1 rings (SSSR count). The molecule has 0 atom stereocenters. The summed E-state index contributed by atoms with van der Waals surface area (Å²) in [6, 6.07) is 0. The minimum Gasteiger partial charge on any atom is -0.368 e. The monoisotopic (exact) mass is 266 g/mol. The van der Waals surface area contributed by atoms with Gasteiger partial charge in [-0.15, -0.1) is 0 Å². The number of alkyl halides is 3. The first-order chi connectivity index (χ1) is 8.40. The van der Waals surface area contributed by atoms with Gasteiger partial charge in [-0.1, -0.05) is 25.7 Å².